The van der Waals surface area contributed by atoms with E-state index in [2.05, 4.69) is 40.4 Å². The number of hydrogen-bond donors (Lipinski definition) is 2. The Labute approximate surface area is 215 Å². The molecule has 0 aliphatic carbocycles. The molecule has 0 aromatic heterocycles. The Hall–Kier alpha value is -2.20. The van der Waals surface area contributed by atoms with Gasteiger partial charge in [-0.15, -0.1) is 0 Å². The quantitative estimate of drug-likeness (QED) is 0.335. The first-order valence-corrected chi connectivity index (χ1v) is 12.8. The van der Waals surface area contributed by atoms with Gasteiger partial charge in [-0.05, 0) is 55.1 Å². The summed E-state index contributed by atoms with van der Waals surface area (Å²) >= 11 is 8.85. The van der Waals surface area contributed by atoms with Gasteiger partial charge in [-0.1, -0.05) is 43.6 Å². The summed E-state index contributed by atoms with van der Waals surface area (Å²) < 4.78 is 11.8. The second-order valence-corrected chi connectivity index (χ2v) is 10.3. The van der Waals surface area contributed by atoms with E-state index in [0.29, 0.717) is 49.5 Å². The van der Waals surface area contributed by atoms with Crippen LogP contribution in [0.15, 0.2) is 22.7 Å². The summed E-state index contributed by atoms with van der Waals surface area (Å²) in [6.07, 6.45) is 1.45. The molecule has 1 unspecified atom stereocenters. The predicted molar refractivity (Wildman–Crippen MR) is 138 cm³/mol. The SMILES string of the molecule is CC(C)CCOC(=O)CC1C(=O)NCCN1C(=S)NC(=O)c1cc(Br)ccc1OCCC(C)C. The molecule has 188 valence electrons. The third kappa shape index (κ3) is 8.87. The smallest absolute Gasteiger partial charge is 0.308 e. The molecule has 0 spiro atoms. The summed E-state index contributed by atoms with van der Waals surface area (Å²) in [5, 5.41) is 5.52. The van der Waals surface area contributed by atoms with Gasteiger partial charge in [-0.25, -0.2) is 0 Å². The topological polar surface area (TPSA) is 97.0 Å². The lowest BCUT2D eigenvalue weighted by Crippen LogP contribution is -2.60. The minimum absolute atomic E-state index is 0.0768. The maximum absolute atomic E-state index is 13.1. The van der Waals surface area contributed by atoms with Crippen molar-refractivity contribution in [3.8, 4) is 5.75 Å². The van der Waals surface area contributed by atoms with Crippen molar-refractivity contribution in [2.75, 3.05) is 26.3 Å². The molecule has 2 amide bonds. The Morgan fingerprint density at radius 1 is 1.21 bits per heavy atom. The molecule has 1 aromatic carbocycles. The van der Waals surface area contributed by atoms with Crippen molar-refractivity contribution < 1.29 is 23.9 Å². The molecule has 2 N–H and O–H groups in total. The van der Waals surface area contributed by atoms with Crippen molar-refractivity contribution in [3.05, 3.63) is 28.2 Å². The Morgan fingerprint density at radius 3 is 2.56 bits per heavy atom. The van der Waals surface area contributed by atoms with Crippen molar-refractivity contribution in [2.45, 2.75) is 53.0 Å². The molecule has 1 aliphatic rings. The highest BCUT2D eigenvalue weighted by molar-refractivity contribution is 9.10. The number of hydrogen-bond acceptors (Lipinski definition) is 6. The van der Waals surface area contributed by atoms with Crippen molar-refractivity contribution in [1.29, 1.82) is 0 Å². The minimum atomic E-state index is -0.850. The minimum Gasteiger partial charge on any atom is -0.493 e. The first-order valence-electron chi connectivity index (χ1n) is 11.6. The summed E-state index contributed by atoms with van der Waals surface area (Å²) in [6, 6.07) is 4.34. The lowest BCUT2D eigenvalue weighted by molar-refractivity contribution is -0.147. The lowest BCUT2D eigenvalue weighted by atomic mass is 10.1. The Bertz CT molecular complexity index is 893. The number of esters is 1. The van der Waals surface area contributed by atoms with Gasteiger partial charge in [-0.2, -0.15) is 0 Å². The number of benzene rings is 1. The molecule has 1 heterocycles. The average Bonchev–Trinajstić information content (AvgIpc) is 2.75. The molecule has 0 saturated carbocycles. The van der Waals surface area contributed by atoms with Crippen LogP contribution in [0.2, 0.25) is 0 Å². The van der Waals surface area contributed by atoms with E-state index in [0.717, 1.165) is 17.3 Å². The van der Waals surface area contributed by atoms with Crippen molar-refractivity contribution in [1.82, 2.24) is 15.5 Å². The molecule has 1 aliphatic heterocycles. The summed E-state index contributed by atoms with van der Waals surface area (Å²) in [7, 11) is 0. The standard InChI is InChI=1S/C24H34BrN3O5S/c1-15(2)7-11-32-20-6-5-17(25)13-18(20)22(30)27-24(34)28-10-9-26-23(31)19(28)14-21(29)33-12-8-16(3)4/h5-6,13,15-16,19H,7-12,14H2,1-4H3,(H,26,31)(H,27,30,34). The Morgan fingerprint density at radius 2 is 1.88 bits per heavy atom. The number of thiocarbonyl (C=S) groups is 1. The first-order chi connectivity index (χ1) is 16.1. The van der Waals surface area contributed by atoms with Gasteiger partial charge in [0.15, 0.2) is 5.11 Å². The second kappa shape index (κ2) is 13.6. The zero-order chi connectivity index (χ0) is 25.3. The normalized spacial score (nSPS) is 15.8. The predicted octanol–water partition coefficient (Wildman–Crippen LogP) is 3.67. The number of carbonyl (C=O) groups is 3. The molecule has 10 heteroatoms. The van der Waals surface area contributed by atoms with Crippen LogP contribution < -0.4 is 15.4 Å². The van der Waals surface area contributed by atoms with Crippen molar-refractivity contribution >= 4 is 51.0 Å². The van der Waals surface area contributed by atoms with E-state index in [1.165, 1.54) is 0 Å². The van der Waals surface area contributed by atoms with E-state index in [1.807, 2.05) is 13.8 Å². The number of nitrogens with zero attached hydrogens (tertiary/aromatic N) is 1. The molecule has 1 aromatic rings. The summed E-state index contributed by atoms with van der Waals surface area (Å²) in [5.74, 6) is 0.0706. The van der Waals surface area contributed by atoms with E-state index < -0.39 is 17.9 Å². The van der Waals surface area contributed by atoms with Crippen LogP contribution >= 0.6 is 28.1 Å². The highest BCUT2D eigenvalue weighted by atomic mass is 79.9. The maximum atomic E-state index is 13.1. The number of rotatable bonds is 10. The third-order valence-electron chi connectivity index (χ3n) is 5.27. The molecular weight excluding hydrogens is 522 g/mol. The molecular formula is C24H34BrN3O5S. The van der Waals surface area contributed by atoms with Crippen LogP contribution in [0.4, 0.5) is 0 Å². The summed E-state index contributed by atoms with van der Waals surface area (Å²) in [6.45, 7) is 9.78. The van der Waals surface area contributed by atoms with Gasteiger partial charge in [-0.3, -0.25) is 19.7 Å². The molecule has 1 fully saturated rings. The molecule has 1 saturated heterocycles. The number of nitrogens with one attached hydrogen (secondary N) is 2. The van der Waals surface area contributed by atoms with Crippen LogP contribution in [0.1, 0.15) is 57.3 Å². The van der Waals surface area contributed by atoms with E-state index in [9.17, 15) is 14.4 Å². The van der Waals surface area contributed by atoms with Crippen LogP contribution in [-0.2, 0) is 14.3 Å². The van der Waals surface area contributed by atoms with Crippen LogP contribution in [0.5, 0.6) is 5.75 Å². The van der Waals surface area contributed by atoms with Gasteiger partial charge in [0.25, 0.3) is 5.91 Å². The molecule has 8 nitrogen and oxygen atoms in total. The fraction of sp³-hybridized carbons (Fsp3) is 0.583. The van der Waals surface area contributed by atoms with E-state index >= 15 is 0 Å². The number of carbonyl (C=O) groups excluding carboxylic acids is 3. The van der Waals surface area contributed by atoms with Gasteiger partial charge in [0.05, 0.1) is 25.2 Å². The third-order valence-corrected chi connectivity index (χ3v) is 6.10. The van der Waals surface area contributed by atoms with Crippen LogP contribution in [0.25, 0.3) is 0 Å². The highest BCUT2D eigenvalue weighted by Crippen LogP contribution is 2.24. The van der Waals surface area contributed by atoms with Gasteiger partial charge in [0.2, 0.25) is 5.91 Å². The maximum Gasteiger partial charge on any atom is 0.308 e. The van der Waals surface area contributed by atoms with Crippen molar-refractivity contribution in [2.24, 2.45) is 11.8 Å². The molecule has 0 bridgehead atoms. The zero-order valence-electron chi connectivity index (χ0n) is 20.2. The fourth-order valence-electron chi connectivity index (χ4n) is 3.23. The second-order valence-electron chi connectivity index (χ2n) is 9.04. The van der Waals surface area contributed by atoms with Gasteiger partial charge in [0, 0.05) is 17.6 Å². The lowest BCUT2D eigenvalue weighted by Gasteiger charge is -2.36. The molecule has 1 atom stereocenters. The Balaban J connectivity index is 2.07. The molecule has 34 heavy (non-hydrogen) atoms. The van der Waals surface area contributed by atoms with Crippen molar-refractivity contribution in [3.63, 3.8) is 0 Å². The van der Waals surface area contributed by atoms with Crippen LogP contribution in [0.3, 0.4) is 0 Å². The number of piperazine rings is 1. The largest absolute Gasteiger partial charge is 0.493 e. The number of halogens is 1. The average molecular weight is 557 g/mol. The number of ether oxygens (including phenoxy) is 2. The fourth-order valence-corrected chi connectivity index (χ4v) is 3.90. The van der Waals surface area contributed by atoms with E-state index in [1.54, 1.807) is 23.1 Å². The Kier molecular flexibility index (Phi) is 11.2. The summed E-state index contributed by atoms with van der Waals surface area (Å²) in [4.78, 5) is 39.4. The van der Waals surface area contributed by atoms with Gasteiger partial charge < -0.3 is 19.7 Å². The number of amides is 2. The molecule has 0 radical (unpaired) electrons. The molecule has 2 rings (SSSR count). The highest BCUT2D eigenvalue weighted by Gasteiger charge is 2.34. The van der Waals surface area contributed by atoms with E-state index in [4.69, 9.17) is 21.7 Å². The van der Waals surface area contributed by atoms with E-state index in [-0.39, 0.29) is 17.4 Å². The van der Waals surface area contributed by atoms with Gasteiger partial charge >= 0.3 is 5.97 Å². The van der Waals surface area contributed by atoms with Crippen LogP contribution in [0, 0.1) is 11.8 Å². The first kappa shape index (κ1) is 28.0. The monoisotopic (exact) mass is 555 g/mol. The van der Waals surface area contributed by atoms with Gasteiger partial charge in [0.1, 0.15) is 11.8 Å². The van der Waals surface area contributed by atoms with Crippen LogP contribution in [-0.4, -0.2) is 60.1 Å². The summed E-state index contributed by atoms with van der Waals surface area (Å²) in [5.41, 5.74) is 0.326. The zero-order valence-corrected chi connectivity index (χ0v) is 22.6.